The number of nitrogens with zero attached hydrogens (tertiary/aromatic N) is 5. The van der Waals surface area contributed by atoms with Crippen molar-refractivity contribution < 1.29 is 4.79 Å². The number of aryl methyl sites for hydroxylation is 2. The lowest BCUT2D eigenvalue weighted by Gasteiger charge is -2.33. The van der Waals surface area contributed by atoms with Crippen molar-refractivity contribution in [1.29, 1.82) is 0 Å². The van der Waals surface area contributed by atoms with Crippen molar-refractivity contribution in [3.63, 3.8) is 0 Å². The maximum absolute atomic E-state index is 12.5. The molecule has 1 saturated heterocycles. The van der Waals surface area contributed by atoms with Crippen LogP contribution >= 0.6 is 0 Å². The molecule has 1 N–H and O–H groups in total. The zero-order valence-electron chi connectivity index (χ0n) is 16.3. The summed E-state index contributed by atoms with van der Waals surface area (Å²) in [5.74, 6) is 0.794. The lowest BCUT2D eigenvalue weighted by Crippen LogP contribution is -2.48. The fraction of sp³-hybridized carbons (Fsp3) is 0.579. The Hall–Kier alpha value is -2.44. The molecule has 0 bridgehead atoms. The Balaban J connectivity index is 1.65. The van der Waals surface area contributed by atoms with Crippen molar-refractivity contribution in [2.75, 3.05) is 18.0 Å². The summed E-state index contributed by atoms with van der Waals surface area (Å²) in [7, 11) is 1.79. The monoisotopic (exact) mass is 356 g/mol. The number of rotatable bonds is 3. The van der Waals surface area contributed by atoms with Gasteiger partial charge in [0.2, 0.25) is 0 Å². The summed E-state index contributed by atoms with van der Waals surface area (Å²) in [6.07, 6.45) is 1.98. The van der Waals surface area contributed by atoms with Crippen molar-refractivity contribution in [1.82, 2.24) is 25.3 Å². The van der Waals surface area contributed by atoms with Crippen molar-refractivity contribution in [2.24, 2.45) is 7.05 Å². The van der Waals surface area contributed by atoms with E-state index in [4.69, 9.17) is 0 Å². The lowest BCUT2D eigenvalue weighted by molar-refractivity contribution is 0.0923. The van der Waals surface area contributed by atoms with Gasteiger partial charge in [0.1, 0.15) is 5.69 Å². The van der Waals surface area contributed by atoms with E-state index in [0.717, 1.165) is 43.1 Å². The van der Waals surface area contributed by atoms with Gasteiger partial charge in [-0.05, 0) is 38.0 Å². The van der Waals surface area contributed by atoms with Crippen LogP contribution in [0.3, 0.4) is 0 Å². The second-order valence-electron chi connectivity index (χ2n) is 8.08. The second kappa shape index (κ2) is 7.05. The zero-order chi connectivity index (χ0) is 18.9. The highest BCUT2D eigenvalue weighted by Crippen LogP contribution is 2.22. The van der Waals surface area contributed by atoms with Gasteiger partial charge in [0.15, 0.2) is 5.82 Å². The van der Waals surface area contributed by atoms with Gasteiger partial charge in [-0.25, -0.2) is 0 Å². The highest BCUT2D eigenvalue weighted by Gasteiger charge is 2.25. The zero-order valence-corrected chi connectivity index (χ0v) is 16.3. The number of hydrogen-bond donors (Lipinski definition) is 1. The normalized spacial score (nSPS) is 18.0. The van der Waals surface area contributed by atoms with Crippen LogP contribution in [0.1, 0.15) is 55.5 Å². The SMILES string of the molecule is Cc1cc(C(=O)NC2CCCN(c3ccc(C(C)(C)C)nn3)C2)n(C)n1. The van der Waals surface area contributed by atoms with E-state index in [2.05, 4.69) is 46.3 Å². The molecule has 1 aliphatic heterocycles. The van der Waals surface area contributed by atoms with E-state index in [9.17, 15) is 4.79 Å². The van der Waals surface area contributed by atoms with E-state index < -0.39 is 0 Å². The Bertz CT molecular complexity index is 774. The molecule has 0 aliphatic carbocycles. The van der Waals surface area contributed by atoms with Gasteiger partial charge in [-0.2, -0.15) is 10.2 Å². The molecule has 0 radical (unpaired) electrons. The summed E-state index contributed by atoms with van der Waals surface area (Å²) in [4.78, 5) is 14.7. The van der Waals surface area contributed by atoms with Crippen molar-refractivity contribution in [3.8, 4) is 0 Å². The average molecular weight is 356 g/mol. The van der Waals surface area contributed by atoms with Gasteiger partial charge in [-0.1, -0.05) is 20.8 Å². The van der Waals surface area contributed by atoms with Gasteiger partial charge < -0.3 is 10.2 Å². The predicted octanol–water partition coefficient (Wildman–Crippen LogP) is 2.21. The minimum absolute atomic E-state index is 0.00876. The summed E-state index contributed by atoms with van der Waals surface area (Å²) < 4.78 is 1.63. The van der Waals surface area contributed by atoms with Crippen LogP contribution in [0.15, 0.2) is 18.2 Å². The number of anilines is 1. The third-order valence-corrected chi connectivity index (χ3v) is 4.73. The number of nitrogens with one attached hydrogen (secondary N) is 1. The van der Waals surface area contributed by atoms with E-state index in [1.807, 2.05) is 25.1 Å². The Morgan fingerprint density at radius 2 is 2.04 bits per heavy atom. The molecule has 1 amide bonds. The standard InChI is InChI=1S/C19H28N6O/c1-13-11-15(24(5)23-13)18(26)20-14-7-6-10-25(12-14)17-9-8-16(21-22-17)19(2,3)4/h8-9,11,14H,6-7,10,12H2,1-5H3,(H,20,26). The van der Waals surface area contributed by atoms with Crippen molar-refractivity contribution >= 4 is 11.7 Å². The second-order valence-corrected chi connectivity index (χ2v) is 8.08. The van der Waals surface area contributed by atoms with Crippen LogP contribution in [0, 0.1) is 6.92 Å². The number of aromatic nitrogens is 4. The predicted molar refractivity (Wildman–Crippen MR) is 101 cm³/mol. The van der Waals surface area contributed by atoms with Crippen molar-refractivity contribution in [3.05, 3.63) is 35.3 Å². The molecule has 7 nitrogen and oxygen atoms in total. The average Bonchev–Trinajstić information content (AvgIpc) is 2.93. The summed E-state index contributed by atoms with van der Waals surface area (Å²) in [6.45, 7) is 9.95. The van der Waals surface area contributed by atoms with Crippen LogP contribution in [-0.2, 0) is 12.5 Å². The summed E-state index contributed by atoms with van der Waals surface area (Å²) in [5, 5.41) is 16.2. The molecular weight excluding hydrogens is 328 g/mol. The Kier molecular flexibility index (Phi) is 4.98. The van der Waals surface area contributed by atoms with E-state index in [-0.39, 0.29) is 17.4 Å². The molecule has 3 heterocycles. The van der Waals surface area contributed by atoms with Gasteiger partial charge in [-0.3, -0.25) is 9.48 Å². The minimum Gasteiger partial charge on any atom is -0.353 e. The molecule has 3 rings (SSSR count). The van der Waals surface area contributed by atoms with Gasteiger partial charge in [-0.15, -0.1) is 5.10 Å². The van der Waals surface area contributed by atoms with E-state index >= 15 is 0 Å². The molecule has 1 atom stereocenters. The van der Waals surface area contributed by atoms with Gasteiger partial charge in [0, 0.05) is 31.6 Å². The summed E-state index contributed by atoms with van der Waals surface area (Å²) in [6, 6.07) is 5.98. The number of carbonyl (C=O) groups is 1. The number of hydrogen-bond acceptors (Lipinski definition) is 5. The van der Waals surface area contributed by atoms with Crippen LogP contribution in [0.4, 0.5) is 5.82 Å². The Morgan fingerprint density at radius 1 is 1.27 bits per heavy atom. The third-order valence-electron chi connectivity index (χ3n) is 4.73. The highest BCUT2D eigenvalue weighted by atomic mass is 16.2. The lowest BCUT2D eigenvalue weighted by atomic mass is 9.92. The van der Waals surface area contributed by atoms with Gasteiger partial charge in [0.25, 0.3) is 5.91 Å². The molecule has 140 valence electrons. The minimum atomic E-state index is -0.0749. The van der Waals surface area contributed by atoms with E-state index in [1.54, 1.807) is 11.7 Å². The quantitative estimate of drug-likeness (QED) is 0.912. The number of amides is 1. The largest absolute Gasteiger partial charge is 0.353 e. The topological polar surface area (TPSA) is 75.9 Å². The first kappa shape index (κ1) is 18.4. The molecule has 1 aliphatic rings. The first-order chi connectivity index (χ1) is 12.2. The highest BCUT2D eigenvalue weighted by molar-refractivity contribution is 5.92. The summed E-state index contributed by atoms with van der Waals surface area (Å²) in [5.41, 5.74) is 2.41. The van der Waals surface area contributed by atoms with Crippen molar-refractivity contribution in [2.45, 2.75) is 52.0 Å². The van der Waals surface area contributed by atoms with Gasteiger partial charge >= 0.3 is 0 Å². The molecular formula is C19H28N6O. The number of piperidine rings is 1. The Labute approximate surface area is 154 Å². The van der Waals surface area contributed by atoms with Crippen LogP contribution in [0.25, 0.3) is 0 Å². The Morgan fingerprint density at radius 3 is 2.62 bits per heavy atom. The van der Waals surface area contributed by atoms with Gasteiger partial charge in [0.05, 0.1) is 11.4 Å². The first-order valence-corrected chi connectivity index (χ1v) is 9.15. The number of carbonyl (C=O) groups excluding carboxylic acids is 1. The van der Waals surface area contributed by atoms with Crippen LogP contribution in [-0.4, -0.2) is 45.0 Å². The summed E-state index contributed by atoms with van der Waals surface area (Å²) >= 11 is 0. The maximum Gasteiger partial charge on any atom is 0.269 e. The molecule has 1 unspecified atom stereocenters. The molecule has 26 heavy (non-hydrogen) atoms. The molecule has 7 heteroatoms. The molecule has 0 saturated carbocycles. The van der Waals surface area contributed by atoms with E-state index in [1.165, 1.54) is 0 Å². The molecule has 2 aromatic heterocycles. The molecule has 2 aromatic rings. The van der Waals surface area contributed by atoms with E-state index in [0.29, 0.717) is 5.69 Å². The molecule has 0 aromatic carbocycles. The van der Waals surface area contributed by atoms with Crippen LogP contribution in [0.5, 0.6) is 0 Å². The third kappa shape index (κ3) is 4.03. The fourth-order valence-corrected chi connectivity index (χ4v) is 3.28. The van der Waals surface area contributed by atoms with Crippen LogP contribution < -0.4 is 10.2 Å². The van der Waals surface area contributed by atoms with Crippen LogP contribution in [0.2, 0.25) is 0 Å². The molecule has 1 fully saturated rings. The molecule has 0 spiro atoms. The first-order valence-electron chi connectivity index (χ1n) is 9.15. The smallest absolute Gasteiger partial charge is 0.269 e. The fourth-order valence-electron chi connectivity index (χ4n) is 3.28. The maximum atomic E-state index is 12.5.